The number of hydrogen-bond acceptors (Lipinski definition) is 3. The molecule has 0 radical (unpaired) electrons. The highest BCUT2D eigenvalue weighted by Crippen LogP contribution is 2.22. The van der Waals surface area contributed by atoms with Crippen molar-refractivity contribution < 1.29 is 14.3 Å². The molecule has 0 atom stereocenters. The summed E-state index contributed by atoms with van der Waals surface area (Å²) in [4.78, 5) is 23.7. The van der Waals surface area contributed by atoms with Gasteiger partial charge >= 0.3 is 0 Å². The van der Waals surface area contributed by atoms with Crippen LogP contribution in [0.25, 0.3) is 0 Å². The summed E-state index contributed by atoms with van der Waals surface area (Å²) in [5.41, 5.74) is 1.98. The van der Waals surface area contributed by atoms with Crippen molar-refractivity contribution >= 4 is 34.9 Å². The number of halogens is 2. The monoisotopic (exact) mass is 365 g/mol. The van der Waals surface area contributed by atoms with E-state index in [1.54, 1.807) is 36.4 Å². The minimum atomic E-state index is -0.194. The van der Waals surface area contributed by atoms with Crippen molar-refractivity contribution in [2.24, 2.45) is 0 Å². The summed E-state index contributed by atoms with van der Waals surface area (Å²) in [7, 11) is 1.53. The maximum absolute atomic E-state index is 12.2. The van der Waals surface area contributed by atoms with Crippen molar-refractivity contribution in [3.05, 3.63) is 63.1 Å². The molecule has 0 heterocycles. The lowest BCUT2D eigenvalue weighted by molar-refractivity contribution is -0.120. The fraction of sp³-hybridized carbons (Fsp3) is 0.222. The number of rotatable bonds is 6. The number of ketones is 1. The van der Waals surface area contributed by atoms with E-state index in [0.29, 0.717) is 33.5 Å². The molecule has 4 nitrogen and oxygen atoms in total. The van der Waals surface area contributed by atoms with Gasteiger partial charge in [-0.3, -0.25) is 9.59 Å². The lowest BCUT2D eigenvalue weighted by Crippen LogP contribution is -2.25. The number of nitrogens with one attached hydrogen (secondary N) is 1. The van der Waals surface area contributed by atoms with Gasteiger partial charge in [-0.25, -0.2) is 0 Å². The van der Waals surface area contributed by atoms with Crippen molar-refractivity contribution in [3.8, 4) is 5.75 Å². The SMILES string of the molecule is COc1ccc(C(C)=O)cc1CC(=O)NCc1ccc(Cl)cc1Cl. The first-order valence-electron chi connectivity index (χ1n) is 7.29. The molecule has 0 aromatic heterocycles. The lowest BCUT2D eigenvalue weighted by atomic mass is 10.0. The first-order chi connectivity index (χ1) is 11.4. The Morgan fingerprint density at radius 2 is 1.83 bits per heavy atom. The summed E-state index contributed by atoms with van der Waals surface area (Å²) in [6.07, 6.45) is 0.107. The number of carbonyl (C=O) groups excluding carboxylic acids is 2. The average molecular weight is 366 g/mol. The third kappa shape index (κ3) is 4.73. The molecule has 0 spiro atoms. The molecule has 0 unspecified atom stereocenters. The Balaban J connectivity index is 2.06. The van der Waals surface area contributed by atoms with Gasteiger partial charge in [-0.15, -0.1) is 0 Å². The second kappa shape index (κ2) is 8.18. The van der Waals surface area contributed by atoms with Crippen molar-refractivity contribution in [3.63, 3.8) is 0 Å². The predicted octanol–water partition coefficient (Wildman–Crippen LogP) is 4.06. The molecule has 0 fully saturated rings. The van der Waals surface area contributed by atoms with E-state index in [9.17, 15) is 9.59 Å². The molecular weight excluding hydrogens is 349 g/mol. The molecule has 126 valence electrons. The van der Waals surface area contributed by atoms with Crippen LogP contribution in [0.2, 0.25) is 10.0 Å². The Morgan fingerprint density at radius 1 is 1.08 bits per heavy atom. The van der Waals surface area contributed by atoms with Crippen LogP contribution in [0.3, 0.4) is 0 Å². The molecule has 6 heteroatoms. The van der Waals surface area contributed by atoms with Gasteiger partial charge in [-0.1, -0.05) is 29.3 Å². The topological polar surface area (TPSA) is 55.4 Å². The maximum Gasteiger partial charge on any atom is 0.224 e. The van der Waals surface area contributed by atoms with Gasteiger partial charge < -0.3 is 10.1 Å². The fourth-order valence-electron chi connectivity index (χ4n) is 2.23. The largest absolute Gasteiger partial charge is 0.496 e. The van der Waals surface area contributed by atoms with Crippen LogP contribution in [0.4, 0.5) is 0 Å². The third-order valence-electron chi connectivity index (χ3n) is 3.53. The summed E-state index contributed by atoms with van der Waals surface area (Å²) in [6, 6.07) is 10.2. The second-order valence-electron chi connectivity index (χ2n) is 5.27. The van der Waals surface area contributed by atoms with Crippen LogP contribution in [-0.2, 0) is 17.8 Å². The number of carbonyl (C=O) groups is 2. The standard InChI is InChI=1S/C18H17Cl2NO3/c1-11(22)12-4-6-17(24-2)14(7-12)8-18(23)21-10-13-3-5-15(19)9-16(13)20/h3-7,9H,8,10H2,1-2H3,(H,21,23). The van der Waals surface area contributed by atoms with E-state index in [1.165, 1.54) is 14.0 Å². The van der Waals surface area contributed by atoms with Crippen LogP contribution >= 0.6 is 23.2 Å². The van der Waals surface area contributed by atoms with Gasteiger partial charge in [-0.05, 0) is 42.8 Å². The Kier molecular flexibility index (Phi) is 6.23. The molecule has 0 saturated heterocycles. The molecule has 2 aromatic rings. The van der Waals surface area contributed by atoms with Crippen LogP contribution in [0.5, 0.6) is 5.75 Å². The zero-order valence-corrected chi connectivity index (χ0v) is 14.9. The van der Waals surface area contributed by atoms with E-state index >= 15 is 0 Å². The van der Waals surface area contributed by atoms with E-state index in [2.05, 4.69) is 5.32 Å². The van der Waals surface area contributed by atoms with E-state index < -0.39 is 0 Å². The highest BCUT2D eigenvalue weighted by atomic mass is 35.5. The first kappa shape index (κ1) is 18.3. The smallest absolute Gasteiger partial charge is 0.224 e. The van der Waals surface area contributed by atoms with Gasteiger partial charge in [0, 0.05) is 27.7 Å². The van der Waals surface area contributed by atoms with Gasteiger partial charge in [0.2, 0.25) is 5.91 Å². The fourth-order valence-corrected chi connectivity index (χ4v) is 2.71. The zero-order valence-electron chi connectivity index (χ0n) is 13.4. The van der Waals surface area contributed by atoms with Gasteiger partial charge in [0.25, 0.3) is 0 Å². The molecule has 2 aromatic carbocycles. The van der Waals surface area contributed by atoms with Crippen LogP contribution in [0, 0.1) is 0 Å². The maximum atomic E-state index is 12.2. The minimum Gasteiger partial charge on any atom is -0.496 e. The number of Topliss-reactive ketones (excluding diaryl/α,β-unsaturated/α-hetero) is 1. The van der Waals surface area contributed by atoms with Crippen LogP contribution in [0.15, 0.2) is 36.4 Å². The van der Waals surface area contributed by atoms with Gasteiger partial charge in [0.05, 0.1) is 13.5 Å². The number of hydrogen-bond donors (Lipinski definition) is 1. The number of benzene rings is 2. The summed E-state index contributed by atoms with van der Waals surface area (Å²) in [5, 5.41) is 3.84. The molecule has 0 aliphatic rings. The van der Waals surface area contributed by atoms with E-state index in [0.717, 1.165) is 5.56 Å². The summed E-state index contributed by atoms with van der Waals surface area (Å²) < 4.78 is 5.25. The number of ether oxygens (including phenoxy) is 1. The molecule has 0 aliphatic heterocycles. The molecule has 1 amide bonds. The van der Waals surface area contributed by atoms with Gasteiger partial charge in [-0.2, -0.15) is 0 Å². The van der Waals surface area contributed by atoms with Crippen molar-refractivity contribution in [2.45, 2.75) is 19.9 Å². The van der Waals surface area contributed by atoms with E-state index in [4.69, 9.17) is 27.9 Å². The molecule has 1 N–H and O–H groups in total. The second-order valence-corrected chi connectivity index (χ2v) is 6.12. The first-order valence-corrected chi connectivity index (χ1v) is 8.04. The van der Waals surface area contributed by atoms with Crippen LogP contribution in [-0.4, -0.2) is 18.8 Å². The van der Waals surface area contributed by atoms with Gasteiger partial charge in [0.15, 0.2) is 5.78 Å². The van der Waals surface area contributed by atoms with Crippen molar-refractivity contribution in [1.82, 2.24) is 5.32 Å². The number of methoxy groups -OCH3 is 1. The normalized spacial score (nSPS) is 10.3. The Bertz CT molecular complexity index is 775. The Labute approximate surface area is 150 Å². The molecule has 0 saturated carbocycles. The Hall–Kier alpha value is -2.04. The average Bonchev–Trinajstić information content (AvgIpc) is 2.53. The zero-order chi connectivity index (χ0) is 17.7. The predicted molar refractivity (Wildman–Crippen MR) is 95.0 cm³/mol. The highest BCUT2D eigenvalue weighted by Gasteiger charge is 2.12. The minimum absolute atomic E-state index is 0.0627. The molecule has 2 rings (SSSR count). The van der Waals surface area contributed by atoms with Crippen molar-refractivity contribution in [1.29, 1.82) is 0 Å². The molecule has 24 heavy (non-hydrogen) atoms. The van der Waals surface area contributed by atoms with Crippen LogP contribution < -0.4 is 10.1 Å². The summed E-state index contributed by atoms with van der Waals surface area (Å²) >= 11 is 11.9. The third-order valence-corrected chi connectivity index (χ3v) is 4.12. The van der Waals surface area contributed by atoms with Gasteiger partial charge in [0.1, 0.15) is 5.75 Å². The quantitative estimate of drug-likeness (QED) is 0.785. The number of amides is 1. The molecule has 0 aliphatic carbocycles. The van der Waals surface area contributed by atoms with Crippen LogP contribution in [0.1, 0.15) is 28.4 Å². The molecular formula is C18H17Cl2NO3. The summed E-state index contributed by atoms with van der Waals surface area (Å²) in [6.45, 7) is 1.78. The lowest BCUT2D eigenvalue weighted by Gasteiger charge is -2.11. The van der Waals surface area contributed by atoms with E-state index in [1.807, 2.05) is 0 Å². The summed E-state index contributed by atoms with van der Waals surface area (Å²) in [5.74, 6) is 0.312. The van der Waals surface area contributed by atoms with Crippen molar-refractivity contribution in [2.75, 3.05) is 7.11 Å². The molecule has 0 bridgehead atoms. The Morgan fingerprint density at radius 3 is 2.46 bits per heavy atom. The van der Waals surface area contributed by atoms with E-state index in [-0.39, 0.29) is 18.1 Å². The highest BCUT2D eigenvalue weighted by molar-refractivity contribution is 6.35.